The van der Waals surface area contributed by atoms with Crippen LogP contribution in [0, 0.1) is 5.41 Å². The third-order valence-corrected chi connectivity index (χ3v) is 5.99. The molecular weight excluding hydrogens is 647 g/mol. The molecular formula is C32H33IN4O5. The van der Waals surface area contributed by atoms with Crippen molar-refractivity contribution in [3.05, 3.63) is 131 Å². The van der Waals surface area contributed by atoms with E-state index in [4.69, 9.17) is 21.6 Å². The second-order valence-corrected chi connectivity index (χ2v) is 9.16. The van der Waals surface area contributed by atoms with E-state index >= 15 is 0 Å². The maximum Gasteiger partial charge on any atom is 0.326 e. The number of hydrogen-bond acceptors (Lipinski definition) is 6. The third-order valence-electron chi connectivity index (χ3n) is 5.99. The summed E-state index contributed by atoms with van der Waals surface area (Å²) >= 11 is 0. The summed E-state index contributed by atoms with van der Waals surface area (Å²) in [6.07, 6.45) is 0.131. The van der Waals surface area contributed by atoms with Crippen LogP contribution in [0.2, 0.25) is 0 Å². The number of ether oxygens (including phenoxy) is 1. The van der Waals surface area contributed by atoms with E-state index in [2.05, 4.69) is 5.32 Å². The molecule has 0 spiro atoms. The standard InChI is InChI=1S/C24H23N3O4.C8H9NO.HI/c25-22(26)18-8-10-19(11-9-18)23(28)27-21(24(29)30)14-16-6-12-20(13-7-16)31-15-17-4-2-1-3-5-17;1-6(10)7-2-4-8(9)5-3-7;/h1-13,21H,14-15H2,(H3,25,26)(H,27,28)(H,29,30);2-5H,9H2,1H3;1H/t21-;;/m0../s1. The van der Waals surface area contributed by atoms with Crippen LogP contribution >= 0.6 is 24.0 Å². The summed E-state index contributed by atoms with van der Waals surface area (Å²) in [5.41, 5.74) is 14.8. The Labute approximate surface area is 261 Å². The Morgan fingerprint density at radius 2 is 1.36 bits per heavy atom. The van der Waals surface area contributed by atoms with Gasteiger partial charge in [-0.3, -0.25) is 15.0 Å². The van der Waals surface area contributed by atoms with Gasteiger partial charge in [-0.05, 0) is 66.6 Å². The molecule has 1 atom stereocenters. The molecule has 0 aliphatic heterocycles. The number of amidine groups is 1. The van der Waals surface area contributed by atoms with E-state index in [0.717, 1.165) is 11.1 Å². The molecule has 4 aromatic rings. The first-order valence-electron chi connectivity index (χ1n) is 12.7. The number of carbonyl (C=O) groups excluding carboxylic acids is 2. The number of nitrogens with one attached hydrogen (secondary N) is 2. The molecule has 0 heterocycles. The van der Waals surface area contributed by atoms with Crippen LogP contribution in [0.15, 0.2) is 103 Å². The number of hydrogen-bond donors (Lipinski definition) is 5. The van der Waals surface area contributed by atoms with Crippen molar-refractivity contribution in [3.63, 3.8) is 0 Å². The number of nitrogen functional groups attached to an aromatic ring is 2. The highest BCUT2D eigenvalue weighted by molar-refractivity contribution is 14.0. The Hall–Kier alpha value is -4.71. The number of amides is 1. The fraction of sp³-hybridized carbons (Fsp3) is 0.125. The van der Waals surface area contributed by atoms with Crippen LogP contribution in [0.25, 0.3) is 0 Å². The molecule has 0 aliphatic carbocycles. The number of halogens is 1. The van der Waals surface area contributed by atoms with Gasteiger partial charge >= 0.3 is 5.97 Å². The van der Waals surface area contributed by atoms with Gasteiger partial charge in [-0.2, -0.15) is 0 Å². The predicted octanol–water partition coefficient (Wildman–Crippen LogP) is 5.06. The van der Waals surface area contributed by atoms with E-state index in [-0.39, 0.29) is 42.0 Å². The zero-order valence-electron chi connectivity index (χ0n) is 22.9. The van der Waals surface area contributed by atoms with Gasteiger partial charge in [0.2, 0.25) is 0 Å². The molecule has 42 heavy (non-hydrogen) atoms. The average molecular weight is 681 g/mol. The smallest absolute Gasteiger partial charge is 0.326 e. The molecule has 7 N–H and O–H groups in total. The first-order valence-corrected chi connectivity index (χ1v) is 12.7. The molecule has 0 fully saturated rings. The lowest BCUT2D eigenvalue weighted by Gasteiger charge is -2.15. The van der Waals surface area contributed by atoms with Crippen molar-refractivity contribution in [1.29, 1.82) is 5.41 Å². The number of benzene rings is 4. The van der Waals surface area contributed by atoms with Crippen molar-refractivity contribution in [1.82, 2.24) is 5.32 Å². The van der Waals surface area contributed by atoms with Crippen molar-refractivity contribution in [2.75, 3.05) is 5.73 Å². The minimum atomic E-state index is -1.13. The topological polar surface area (TPSA) is 169 Å². The van der Waals surface area contributed by atoms with Gasteiger partial charge in [0, 0.05) is 28.8 Å². The minimum absolute atomic E-state index is 0. The fourth-order valence-electron chi connectivity index (χ4n) is 3.66. The summed E-state index contributed by atoms with van der Waals surface area (Å²) in [4.78, 5) is 34.8. The van der Waals surface area contributed by atoms with Gasteiger partial charge in [-0.15, -0.1) is 24.0 Å². The van der Waals surface area contributed by atoms with Crippen molar-refractivity contribution in [3.8, 4) is 5.75 Å². The van der Waals surface area contributed by atoms with Gasteiger partial charge in [0.25, 0.3) is 5.91 Å². The number of aliphatic carboxylic acids is 1. The monoisotopic (exact) mass is 680 g/mol. The van der Waals surface area contributed by atoms with Gasteiger partial charge in [-0.1, -0.05) is 54.6 Å². The van der Waals surface area contributed by atoms with Crippen LogP contribution < -0.4 is 21.5 Å². The molecule has 218 valence electrons. The van der Waals surface area contributed by atoms with Crippen molar-refractivity contribution in [2.45, 2.75) is 26.0 Å². The molecule has 0 radical (unpaired) electrons. The van der Waals surface area contributed by atoms with Gasteiger partial charge in [-0.25, -0.2) is 4.79 Å². The molecule has 10 heteroatoms. The molecule has 4 rings (SSSR count). The molecule has 9 nitrogen and oxygen atoms in total. The van der Waals surface area contributed by atoms with E-state index in [1.807, 2.05) is 30.3 Å². The first-order chi connectivity index (χ1) is 19.6. The molecule has 4 aromatic carbocycles. The predicted molar refractivity (Wildman–Crippen MR) is 174 cm³/mol. The fourth-order valence-corrected chi connectivity index (χ4v) is 3.66. The minimum Gasteiger partial charge on any atom is -0.489 e. The number of anilines is 1. The Morgan fingerprint density at radius 3 is 1.88 bits per heavy atom. The number of carboxylic acid groups (broad SMARTS) is 1. The van der Waals surface area contributed by atoms with Crippen LogP contribution in [-0.2, 0) is 17.8 Å². The average Bonchev–Trinajstić information content (AvgIpc) is 2.97. The third kappa shape index (κ3) is 10.7. The van der Waals surface area contributed by atoms with Crippen LogP contribution in [0.4, 0.5) is 5.69 Å². The Morgan fingerprint density at radius 1 is 0.810 bits per heavy atom. The number of nitrogens with two attached hydrogens (primary N) is 2. The highest BCUT2D eigenvalue weighted by Crippen LogP contribution is 2.16. The second-order valence-electron chi connectivity index (χ2n) is 9.16. The Balaban J connectivity index is 0.000000475. The zero-order chi connectivity index (χ0) is 29.8. The van der Waals surface area contributed by atoms with E-state index in [9.17, 15) is 19.5 Å². The van der Waals surface area contributed by atoms with Crippen molar-refractivity contribution >= 4 is 53.2 Å². The quantitative estimate of drug-likeness (QED) is 0.0513. The highest BCUT2D eigenvalue weighted by Gasteiger charge is 2.21. The highest BCUT2D eigenvalue weighted by atomic mass is 127. The number of Topliss-reactive ketones (excluding diaryl/α,β-unsaturated/α-hetero) is 1. The lowest BCUT2D eigenvalue weighted by atomic mass is 10.0. The molecule has 0 bridgehead atoms. The lowest BCUT2D eigenvalue weighted by Crippen LogP contribution is -2.42. The summed E-state index contributed by atoms with van der Waals surface area (Å²) in [6, 6.07) is 28.8. The molecule has 1 amide bonds. The van der Waals surface area contributed by atoms with Crippen LogP contribution in [0.5, 0.6) is 5.75 Å². The summed E-state index contributed by atoms with van der Waals surface area (Å²) in [5, 5.41) is 19.4. The van der Waals surface area contributed by atoms with Gasteiger partial charge < -0.3 is 26.6 Å². The normalized spacial score (nSPS) is 10.6. The zero-order valence-corrected chi connectivity index (χ0v) is 25.3. The Bertz CT molecular complexity index is 1480. The van der Waals surface area contributed by atoms with E-state index in [0.29, 0.717) is 34.7 Å². The van der Waals surface area contributed by atoms with Gasteiger partial charge in [0.1, 0.15) is 24.2 Å². The molecule has 0 aliphatic rings. The lowest BCUT2D eigenvalue weighted by molar-refractivity contribution is -0.139. The summed E-state index contributed by atoms with van der Waals surface area (Å²) < 4.78 is 5.74. The van der Waals surface area contributed by atoms with Crippen LogP contribution in [0.3, 0.4) is 0 Å². The number of rotatable bonds is 10. The molecule has 0 aromatic heterocycles. The summed E-state index contributed by atoms with van der Waals surface area (Å²) in [6.45, 7) is 1.97. The van der Waals surface area contributed by atoms with Crippen molar-refractivity contribution < 1.29 is 24.2 Å². The molecule has 0 saturated carbocycles. The Kier molecular flexibility index (Phi) is 13.2. The van der Waals surface area contributed by atoms with E-state index in [1.165, 1.54) is 19.1 Å². The maximum absolute atomic E-state index is 12.4. The maximum atomic E-state index is 12.4. The number of carbonyl (C=O) groups is 3. The first kappa shape index (κ1) is 33.5. The van der Waals surface area contributed by atoms with E-state index < -0.39 is 17.9 Å². The van der Waals surface area contributed by atoms with Crippen molar-refractivity contribution in [2.24, 2.45) is 5.73 Å². The summed E-state index contributed by atoms with van der Waals surface area (Å²) in [7, 11) is 0. The van der Waals surface area contributed by atoms with E-state index in [1.54, 1.807) is 60.7 Å². The van der Waals surface area contributed by atoms with Crippen LogP contribution in [0.1, 0.15) is 44.3 Å². The van der Waals surface area contributed by atoms with Crippen LogP contribution in [-0.4, -0.2) is 34.6 Å². The number of ketones is 1. The number of carboxylic acids is 1. The molecule has 0 unspecified atom stereocenters. The van der Waals surface area contributed by atoms with Gasteiger partial charge in [0.05, 0.1) is 0 Å². The SMILES string of the molecule is CC(=O)c1ccc(N)cc1.I.N=C(N)c1ccc(C(=O)N[C@@H](Cc2ccc(OCc3ccccc3)cc2)C(=O)O)cc1. The molecule has 0 saturated heterocycles. The summed E-state index contributed by atoms with van der Waals surface area (Å²) in [5.74, 6) is -0.996. The largest absolute Gasteiger partial charge is 0.489 e. The van der Waals surface area contributed by atoms with Gasteiger partial charge in [0.15, 0.2) is 5.78 Å². The second kappa shape index (κ2) is 16.5.